The van der Waals surface area contributed by atoms with Crippen molar-refractivity contribution in [1.82, 2.24) is 19.9 Å². The first-order chi connectivity index (χ1) is 14.8. The van der Waals surface area contributed by atoms with E-state index in [1.165, 1.54) is 4.90 Å². The fraction of sp³-hybridized carbons (Fsp3) is 0.190. The van der Waals surface area contributed by atoms with Crippen molar-refractivity contribution in [3.05, 3.63) is 74.6 Å². The molecule has 31 heavy (non-hydrogen) atoms. The lowest BCUT2D eigenvalue weighted by molar-refractivity contribution is 0.0333. The molecule has 0 unspecified atom stereocenters. The average Bonchev–Trinajstić information content (AvgIpc) is 3.17. The van der Waals surface area contributed by atoms with Crippen molar-refractivity contribution in [2.75, 3.05) is 13.7 Å². The van der Waals surface area contributed by atoms with Gasteiger partial charge in [0.15, 0.2) is 11.6 Å². The first kappa shape index (κ1) is 19.7. The summed E-state index contributed by atoms with van der Waals surface area (Å²) in [5, 5.41) is 1.27. The minimum Gasteiger partial charge on any atom is -0.373 e. The second-order valence-electron chi connectivity index (χ2n) is 7.38. The van der Waals surface area contributed by atoms with E-state index in [0.717, 1.165) is 12.1 Å². The third-order valence-corrected chi connectivity index (χ3v) is 5.74. The predicted molar refractivity (Wildman–Crippen MR) is 110 cm³/mol. The lowest BCUT2D eigenvalue weighted by Crippen LogP contribution is -2.37. The number of aromatic amines is 2. The number of likely N-dealkylation sites (N-methyl/N-ethyl adjacent to an activating group) is 1. The highest BCUT2D eigenvalue weighted by Gasteiger charge is 2.32. The van der Waals surface area contributed by atoms with Crippen LogP contribution in [0.15, 0.2) is 35.3 Å². The Morgan fingerprint density at radius 3 is 2.71 bits per heavy atom. The molecule has 7 nitrogen and oxygen atoms in total. The van der Waals surface area contributed by atoms with Gasteiger partial charge in [-0.25, -0.2) is 13.8 Å². The molecule has 1 aliphatic heterocycles. The van der Waals surface area contributed by atoms with Crippen LogP contribution in [0.1, 0.15) is 27.8 Å². The summed E-state index contributed by atoms with van der Waals surface area (Å²) in [6.45, 7) is 0.220. The molecule has 4 heterocycles. The Morgan fingerprint density at radius 2 is 1.94 bits per heavy atom. The average molecular weight is 445 g/mol. The molecule has 5 rings (SSSR count). The molecular weight excluding hydrogens is 430 g/mol. The molecule has 0 fully saturated rings. The molecule has 0 saturated heterocycles. The molecular formula is C21H15ClF2N4O3. The summed E-state index contributed by atoms with van der Waals surface area (Å²) in [5.41, 5.74) is 1.36. The van der Waals surface area contributed by atoms with Gasteiger partial charge in [0.2, 0.25) is 0 Å². The fourth-order valence-corrected chi connectivity index (χ4v) is 4.15. The van der Waals surface area contributed by atoms with Gasteiger partial charge in [0, 0.05) is 29.9 Å². The number of hydrogen-bond donors (Lipinski definition) is 2. The number of carbonyl (C=O) groups excluding carboxylic acids is 1. The fourth-order valence-electron chi connectivity index (χ4n) is 3.99. The van der Waals surface area contributed by atoms with E-state index >= 15 is 0 Å². The van der Waals surface area contributed by atoms with Crippen LogP contribution in [0.3, 0.4) is 0 Å². The molecule has 4 aromatic rings. The Balaban J connectivity index is 1.61. The number of nitrogens with zero attached hydrogens (tertiary/aromatic N) is 2. The van der Waals surface area contributed by atoms with Crippen molar-refractivity contribution < 1.29 is 18.3 Å². The van der Waals surface area contributed by atoms with Crippen molar-refractivity contribution in [3.63, 3.8) is 0 Å². The number of fused-ring (bicyclic) bond motifs is 4. The zero-order valence-electron chi connectivity index (χ0n) is 16.1. The number of ether oxygens (including phenoxy) is 1. The van der Waals surface area contributed by atoms with Gasteiger partial charge < -0.3 is 19.6 Å². The Labute approximate surface area is 178 Å². The molecule has 0 bridgehead atoms. The molecule has 0 aliphatic carbocycles. The van der Waals surface area contributed by atoms with E-state index in [2.05, 4.69) is 15.0 Å². The Kier molecular flexibility index (Phi) is 4.53. The van der Waals surface area contributed by atoms with Gasteiger partial charge in [-0.15, -0.1) is 0 Å². The zero-order valence-corrected chi connectivity index (χ0v) is 16.9. The van der Waals surface area contributed by atoms with E-state index in [1.807, 2.05) is 0 Å². The van der Waals surface area contributed by atoms with E-state index in [9.17, 15) is 18.4 Å². The number of aromatic nitrogens is 3. The highest BCUT2D eigenvalue weighted by Crippen LogP contribution is 2.34. The number of amides is 1. The number of H-pyrrole nitrogens is 2. The highest BCUT2D eigenvalue weighted by molar-refractivity contribution is 6.30. The van der Waals surface area contributed by atoms with E-state index in [1.54, 1.807) is 25.4 Å². The van der Waals surface area contributed by atoms with Gasteiger partial charge in [0.05, 0.1) is 30.2 Å². The van der Waals surface area contributed by atoms with Crippen LogP contribution in [0, 0.1) is 11.6 Å². The molecule has 158 valence electrons. The van der Waals surface area contributed by atoms with Crippen molar-refractivity contribution in [3.8, 4) is 0 Å². The summed E-state index contributed by atoms with van der Waals surface area (Å²) in [6.07, 6.45) is 1.56. The van der Waals surface area contributed by atoms with Crippen LogP contribution in [0.25, 0.3) is 21.7 Å². The number of benzene rings is 1. The van der Waals surface area contributed by atoms with Crippen molar-refractivity contribution >= 4 is 39.2 Å². The van der Waals surface area contributed by atoms with Gasteiger partial charge in [-0.1, -0.05) is 11.6 Å². The van der Waals surface area contributed by atoms with Gasteiger partial charge in [0.1, 0.15) is 10.8 Å². The van der Waals surface area contributed by atoms with Crippen LogP contribution >= 0.6 is 11.6 Å². The number of carbonyl (C=O) groups is 1. The van der Waals surface area contributed by atoms with Crippen LogP contribution in [0.2, 0.25) is 5.15 Å². The standard InChI is InChI=1S/C21H15ClF2N4O3/c1-28(21(30)15-2-9-6-25-18(22)5-14(9)26-15)17-8-31-7-16-19(17)10-3-12(23)13(24)4-11(10)20(29)27-16/h2-6,17,26H,7-8H2,1H3,(H,27,29)/t17-/m0/s1. The predicted octanol–water partition coefficient (Wildman–Crippen LogP) is 3.68. The van der Waals surface area contributed by atoms with E-state index in [0.29, 0.717) is 33.0 Å². The minimum absolute atomic E-state index is 0.0109. The maximum atomic E-state index is 14.0. The van der Waals surface area contributed by atoms with Crippen molar-refractivity contribution in [1.29, 1.82) is 0 Å². The van der Waals surface area contributed by atoms with Crippen LogP contribution in [-0.4, -0.2) is 39.4 Å². The van der Waals surface area contributed by atoms with Gasteiger partial charge in [-0.3, -0.25) is 9.59 Å². The smallest absolute Gasteiger partial charge is 0.270 e. The van der Waals surface area contributed by atoms with E-state index in [-0.39, 0.29) is 29.9 Å². The number of halogens is 3. The number of rotatable bonds is 2. The maximum Gasteiger partial charge on any atom is 0.270 e. The Morgan fingerprint density at radius 1 is 1.19 bits per heavy atom. The molecule has 1 amide bonds. The highest BCUT2D eigenvalue weighted by atomic mass is 35.5. The third-order valence-electron chi connectivity index (χ3n) is 5.53. The number of hydrogen-bond acceptors (Lipinski definition) is 4. The van der Waals surface area contributed by atoms with Crippen LogP contribution in [0.5, 0.6) is 0 Å². The molecule has 0 spiro atoms. The number of pyridine rings is 2. The lowest BCUT2D eigenvalue weighted by Gasteiger charge is -2.33. The zero-order chi connectivity index (χ0) is 21.9. The molecule has 2 N–H and O–H groups in total. The Hall–Kier alpha value is -3.30. The second kappa shape index (κ2) is 7.14. The number of nitrogens with one attached hydrogen (secondary N) is 2. The summed E-state index contributed by atoms with van der Waals surface area (Å²) in [6, 6.07) is 4.50. The van der Waals surface area contributed by atoms with Gasteiger partial charge in [0.25, 0.3) is 11.5 Å². The molecule has 0 radical (unpaired) electrons. The van der Waals surface area contributed by atoms with Crippen LogP contribution in [-0.2, 0) is 11.3 Å². The molecule has 3 aromatic heterocycles. The van der Waals surface area contributed by atoms with Crippen molar-refractivity contribution in [2.45, 2.75) is 12.6 Å². The first-order valence-corrected chi connectivity index (χ1v) is 9.74. The lowest BCUT2D eigenvalue weighted by atomic mass is 9.95. The van der Waals surface area contributed by atoms with Crippen molar-refractivity contribution in [2.24, 2.45) is 0 Å². The summed E-state index contributed by atoms with van der Waals surface area (Å²) in [4.78, 5) is 36.7. The first-order valence-electron chi connectivity index (χ1n) is 9.36. The van der Waals surface area contributed by atoms with Crippen LogP contribution < -0.4 is 5.56 Å². The van der Waals surface area contributed by atoms with E-state index < -0.39 is 23.2 Å². The normalized spacial score (nSPS) is 15.9. The van der Waals surface area contributed by atoms with Gasteiger partial charge >= 0.3 is 0 Å². The molecule has 0 saturated carbocycles. The molecule has 1 aliphatic rings. The summed E-state index contributed by atoms with van der Waals surface area (Å²) < 4.78 is 33.4. The largest absolute Gasteiger partial charge is 0.373 e. The maximum absolute atomic E-state index is 14.0. The van der Waals surface area contributed by atoms with E-state index in [4.69, 9.17) is 16.3 Å². The summed E-state index contributed by atoms with van der Waals surface area (Å²) in [5.74, 6) is -2.54. The Bertz CT molecular complexity index is 1430. The SMILES string of the molecule is CN(C(=O)c1cc2cnc(Cl)cc2[nH]1)[C@H]1COCc2[nH]c(=O)c3cc(F)c(F)cc3c21. The summed E-state index contributed by atoms with van der Waals surface area (Å²) >= 11 is 5.91. The van der Waals surface area contributed by atoms with Gasteiger partial charge in [-0.05, 0) is 29.7 Å². The monoisotopic (exact) mass is 444 g/mol. The third kappa shape index (κ3) is 3.17. The second-order valence-corrected chi connectivity index (χ2v) is 7.77. The molecule has 10 heteroatoms. The molecule has 1 aromatic carbocycles. The summed E-state index contributed by atoms with van der Waals surface area (Å²) in [7, 11) is 1.58. The van der Waals surface area contributed by atoms with Gasteiger partial charge in [-0.2, -0.15) is 0 Å². The van der Waals surface area contributed by atoms with Crippen LogP contribution in [0.4, 0.5) is 8.78 Å². The quantitative estimate of drug-likeness (QED) is 0.461. The minimum atomic E-state index is -1.11. The topological polar surface area (TPSA) is 91.1 Å². The molecule has 1 atom stereocenters.